The molecule has 43 valence electrons. The molecule has 0 fully saturated rings. The van der Waals surface area contributed by atoms with Gasteiger partial charge in [0.25, 0.3) is 0 Å². The van der Waals surface area contributed by atoms with E-state index in [1.165, 1.54) is 11.9 Å². The van der Waals surface area contributed by atoms with Crippen LogP contribution >= 0.6 is 24.2 Å². The van der Waals surface area contributed by atoms with Gasteiger partial charge < -0.3 is 5.73 Å². The third-order valence-electron chi connectivity index (χ3n) is 0.692. The first-order valence-electron chi connectivity index (χ1n) is 2.06. The Kier molecular flexibility index (Phi) is 1.75. The van der Waals surface area contributed by atoms with Crippen LogP contribution in [0.5, 0.6) is 0 Å². The molecule has 0 bridgehead atoms. The molecule has 1 heterocycles. The maximum absolute atomic E-state index is 5.26. The molecule has 0 saturated carbocycles. The highest BCUT2D eigenvalue weighted by Crippen LogP contribution is 2.19. The van der Waals surface area contributed by atoms with Gasteiger partial charge in [0, 0.05) is 0 Å². The van der Waals surface area contributed by atoms with Gasteiger partial charge in [0.1, 0.15) is 0 Å². The average molecular weight is 145 g/mol. The fourth-order valence-electron chi connectivity index (χ4n) is 0.375. The van der Waals surface area contributed by atoms with E-state index in [1.807, 2.05) is 18.0 Å². The van der Waals surface area contributed by atoms with Crippen LogP contribution in [0.15, 0.2) is 11.5 Å². The largest absolute Gasteiger partial charge is 0.375 e. The molecule has 1 rings (SSSR count). The normalized spacial score (nSPS) is 17.2. The van der Waals surface area contributed by atoms with Gasteiger partial charge in [-0.3, -0.25) is 4.31 Å². The molecule has 0 atom stereocenters. The van der Waals surface area contributed by atoms with E-state index in [2.05, 4.69) is 12.2 Å². The monoisotopic (exact) mass is 145 g/mol. The van der Waals surface area contributed by atoms with Crippen molar-refractivity contribution in [2.75, 3.05) is 0 Å². The predicted octanol–water partition coefficient (Wildman–Crippen LogP) is 0.869. The van der Waals surface area contributed by atoms with Gasteiger partial charge in [-0.15, -0.1) is 0 Å². The molecular weight excluding hydrogens is 140 g/mol. The van der Waals surface area contributed by atoms with Crippen LogP contribution in [0.4, 0.5) is 0 Å². The van der Waals surface area contributed by atoms with Crippen LogP contribution in [0.3, 0.4) is 0 Å². The summed E-state index contributed by atoms with van der Waals surface area (Å²) in [5.74, 6) is 0. The summed E-state index contributed by atoms with van der Waals surface area (Å²) in [4.78, 5) is 0. The summed E-state index contributed by atoms with van der Waals surface area (Å²) in [7, 11) is 0. The third-order valence-corrected chi connectivity index (χ3v) is 1.83. The standard InChI is InChI=1S/C4H5N2S2/c5-4(7)6-2-1-3-8-6/h1-3H,(H2,5,7). The fourth-order valence-corrected chi connectivity index (χ4v) is 1.08. The van der Waals surface area contributed by atoms with E-state index in [-0.39, 0.29) is 0 Å². The van der Waals surface area contributed by atoms with E-state index in [0.29, 0.717) is 5.11 Å². The topological polar surface area (TPSA) is 29.3 Å². The van der Waals surface area contributed by atoms with E-state index < -0.39 is 0 Å². The fraction of sp³-hybridized carbons (Fsp3) is 0. The predicted molar refractivity (Wildman–Crippen MR) is 39.7 cm³/mol. The van der Waals surface area contributed by atoms with E-state index in [0.717, 1.165) is 0 Å². The minimum absolute atomic E-state index is 0.403. The molecule has 0 aromatic heterocycles. The Morgan fingerprint density at radius 3 is 2.75 bits per heavy atom. The second-order valence-electron chi connectivity index (χ2n) is 1.25. The van der Waals surface area contributed by atoms with Gasteiger partial charge in [-0.1, -0.05) is 6.08 Å². The molecule has 0 spiro atoms. The number of thiocarbonyl (C=S) groups is 1. The molecule has 2 N–H and O–H groups in total. The molecule has 0 aliphatic carbocycles. The van der Waals surface area contributed by atoms with Gasteiger partial charge >= 0.3 is 0 Å². The van der Waals surface area contributed by atoms with Crippen LogP contribution < -0.4 is 5.73 Å². The lowest BCUT2D eigenvalue weighted by Crippen LogP contribution is -2.24. The first kappa shape index (κ1) is 5.91. The van der Waals surface area contributed by atoms with Crippen molar-refractivity contribution >= 4 is 29.3 Å². The summed E-state index contributed by atoms with van der Waals surface area (Å²) in [5.41, 5.74) is 5.26. The van der Waals surface area contributed by atoms with Crippen molar-refractivity contribution in [2.24, 2.45) is 5.73 Å². The summed E-state index contributed by atoms with van der Waals surface area (Å²) in [6.45, 7) is 1.83. The maximum Gasteiger partial charge on any atom is 0.177 e. The molecule has 0 aromatic carbocycles. The zero-order valence-electron chi connectivity index (χ0n) is 4.07. The average Bonchev–Trinajstić information content (AvgIpc) is 2.12. The number of hydrogen-bond donors (Lipinski definition) is 1. The summed E-state index contributed by atoms with van der Waals surface area (Å²) in [6.07, 6.45) is 1.89. The van der Waals surface area contributed by atoms with Crippen LogP contribution in [-0.2, 0) is 0 Å². The van der Waals surface area contributed by atoms with E-state index in [4.69, 9.17) is 5.73 Å². The zero-order chi connectivity index (χ0) is 5.98. The van der Waals surface area contributed by atoms with Crippen molar-refractivity contribution < 1.29 is 0 Å². The summed E-state index contributed by atoms with van der Waals surface area (Å²) in [6, 6.07) is 0. The molecule has 2 nitrogen and oxygen atoms in total. The number of hydrogen-bond acceptors (Lipinski definition) is 2. The van der Waals surface area contributed by atoms with Crippen molar-refractivity contribution in [2.45, 2.75) is 0 Å². The van der Waals surface area contributed by atoms with E-state index in [1.54, 1.807) is 4.31 Å². The summed E-state index contributed by atoms with van der Waals surface area (Å²) >= 11 is 6.15. The van der Waals surface area contributed by atoms with Gasteiger partial charge in [0.15, 0.2) is 5.11 Å². The van der Waals surface area contributed by atoms with Crippen molar-refractivity contribution in [3.8, 4) is 0 Å². The van der Waals surface area contributed by atoms with Gasteiger partial charge in [0.05, 0.1) is 6.54 Å². The number of nitrogens with two attached hydrogens (primary N) is 1. The Labute approximate surface area is 57.9 Å². The number of rotatable bonds is 0. The van der Waals surface area contributed by atoms with Crippen molar-refractivity contribution in [1.29, 1.82) is 0 Å². The molecule has 0 unspecified atom stereocenters. The molecule has 1 radical (unpaired) electrons. The maximum atomic E-state index is 5.26. The second-order valence-corrected chi connectivity index (χ2v) is 2.54. The van der Waals surface area contributed by atoms with Crippen molar-refractivity contribution in [1.82, 2.24) is 4.31 Å². The van der Waals surface area contributed by atoms with Crippen molar-refractivity contribution in [3.05, 3.63) is 18.0 Å². The van der Waals surface area contributed by atoms with Gasteiger partial charge in [-0.05, 0) is 29.6 Å². The molecular formula is C4H5N2S2. The lowest BCUT2D eigenvalue weighted by molar-refractivity contribution is 0.884. The highest BCUT2D eigenvalue weighted by atomic mass is 32.2. The molecule has 8 heavy (non-hydrogen) atoms. The molecule has 1 aliphatic rings. The highest BCUT2D eigenvalue weighted by molar-refractivity contribution is 8.01. The summed E-state index contributed by atoms with van der Waals surface area (Å²) in [5, 5.41) is 2.32. The van der Waals surface area contributed by atoms with Crippen LogP contribution in [0.2, 0.25) is 0 Å². The quantitative estimate of drug-likeness (QED) is 0.404. The van der Waals surface area contributed by atoms with Crippen LogP contribution in [0.25, 0.3) is 0 Å². The van der Waals surface area contributed by atoms with Gasteiger partial charge in [-0.2, -0.15) is 0 Å². The molecule has 0 amide bonds. The SMILES string of the molecule is NC(=S)N1[CH]C=CS1. The Morgan fingerprint density at radius 1 is 1.75 bits per heavy atom. The third kappa shape index (κ3) is 1.14. The second kappa shape index (κ2) is 2.37. The minimum Gasteiger partial charge on any atom is -0.375 e. The Bertz CT molecular complexity index is 124. The Hall–Kier alpha value is -0.220. The molecule has 4 heteroatoms. The summed E-state index contributed by atoms with van der Waals surface area (Å²) < 4.78 is 1.72. The van der Waals surface area contributed by atoms with Crippen LogP contribution in [0, 0.1) is 6.54 Å². The lowest BCUT2D eigenvalue weighted by atomic mass is 10.6. The first-order valence-corrected chi connectivity index (χ1v) is 3.30. The first-order chi connectivity index (χ1) is 3.80. The van der Waals surface area contributed by atoms with Gasteiger partial charge in [0.2, 0.25) is 0 Å². The Balaban J connectivity index is 2.41. The van der Waals surface area contributed by atoms with Crippen LogP contribution in [-0.4, -0.2) is 9.42 Å². The molecule has 1 aliphatic heterocycles. The van der Waals surface area contributed by atoms with Crippen molar-refractivity contribution in [3.63, 3.8) is 0 Å². The van der Waals surface area contributed by atoms with Crippen LogP contribution in [0.1, 0.15) is 0 Å². The zero-order valence-corrected chi connectivity index (χ0v) is 5.71. The Morgan fingerprint density at radius 2 is 2.50 bits per heavy atom. The molecule has 0 saturated heterocycles. The number of nitrogens with zero attached hydrogens (tertiary/aromatic N) is 1. The smallest absolute Gasteiger partial charge is 0.177 e. The molecule has 0 aromatic rings. The van der Waals surface area contributed by atoms with Gasteiger partial charge in [-0.25, -0.2) is 0 Å². The lowest BCUT2D eigenvalue weighted by Gasteiger charge is -2.10. The minimum atomic E-state index is 0.403. The highest BCUT2D eigenvalue weighted by Gasteiger charge is 2.07. The van der Waals surface area contributed by atoms with E-state index in [9.17, 15) is 0 Å². The van der Waals surface area contributed by atoms with E-state index >= 15 is 0 Å².